The maximum absolute atomic E-state index is 12.6. The first-order chi connectivity index (χ1) is 16.5. The van der Waals surface area contributed by atoms with E-state index < -0.39 is 66.4 Å². The highest BCUT2D eigenvalue weighted by Crippen LogP contribution is 2.50. The minimum absolute atomic E-state index is 0.227. The van der Waals surface area contributed by atoms with E-state index in [4.69, 9.17) is 23.7 Å². The predicted octanol–water partition coefficient (Wildman–Crippen LogP) is -0.330. The minimum Gasteiger partial charge on any atom is -0.461 e. The van der Waals surface area contributed by atoms with Gasteiger partial charge in [0, 0.05) is 12.8 Å². The number of hydrogen-bond donors (Lipinski definition) is 5. The highest BCUT2D eigenvalue weighted by molar-refractivity contribution is 5.89. The quantitative estimate of drug-likeness (QED) is 0.298. The number of aliphatic hydroxyl groups excluding tert-OH is 4. The van der Waals surface area contributed by atoms with Gasteiger partial charge in [-0.1, -0.05) is 18.2 Å². The summed E-state index contributed by atoms with van der Waals surface area (Å²) in [5.74, 6) is -1.97. The molecule has 3 aliphatic rings. The van der Waals surface area contributed by atoms with Crippen LogP contribution in [0.25, 0.3) is 0 Å². The fourth-order valence-electron chi connectivity index (χ4n) is 4.73. The molecule has 2 heterocycles. The number of ether oxygens (including phenoxy) is 5. The van der Waals surface area contributed by atoms with Gasteiger partial charge in [0.25, 0.3) is 0 Å². The molecule has 0 radical (unpaired) electrons. The molecule has 11 heteroatoms. The van der Waals surface area contributed by atoms with Crippen LogP contribution in [0.2, 0.25) is 0 Å². The Kier molecular flexibility index (Phi) is 7.54. The van der Waals surface area contributed by atoms with E-state index in [0.717, 1.165) is 0 Å². The van der Waals surface area contributed by atoms with Crippen LogP contribution in [0.1, 0.15) is 43.5 Å². The number of esters is 1. The zero-order valence-corrected chi connectivity index (χ0v) is 19.8. The highest BCUT2D eigenvalue weighted by atomic mass is 16.8. The molecule has 0 amide bonds. The maximum atomic E-state index is 12.6. The van der Waals surface area contributed by atoms with Gasteiger partial charge in [-0.2, -0.15) is 0 Å². The number of fused-ring (bicyclic) bond motifs is 2. The van der Waals surface area contributed by atoms with Gasteiger partial charge in [0.15, 0.2) is 18.4 Å². The van der Waals surface area contributed by atoms with E-state index in [0.29, 0.717) is 24.8 Å². The zero-order valence-electron chi connectivity index (χ0n) is 19.8. The Morgan fingerprint density at radius 1 is 1.09 bits per heavy atom. The van der Waals surface area contributed by atoms with Crippen LogP contribution >= 0.6 is 0 Å². The second-order valence-electron chi connectivity index (χ2n) is 10.2. The Labute approximate surface area is 203 Å². The molecule has 4 rings (SSSR count). The molecule has 0 aromatic heterocycles. The molecule has 2 aliphatic heterocycles. The predicted molar refractivity (Wildman–Crippen MR) is 118 cm³/mol. The second-order valence-corrected chi connectivity index (χ2v) is 10.2. The van der Waals surface area contributed by atoms with E-state index in [1.54, 1.807) is 37.3 Å². The largest absolute Gasteiger partial charge is 0.461 e. The molecule has 35 heavy (non-hydrogen) atoms. The lowest BCUT2D eigenvalue weighted by molar-refractivity contribution is -0.383. The van der Waals surface area contributed by atoms with Crippen molar-refractivity contribution in [1.29, 1.82) is 0 Å². The van der Waals surface area contributed by atoms with Crippen LogP contribution in [0.15, 0.2) is 30.3 Å². The first kappa shape index (κ1) is 26.4. The Morgan fingerprint density at radius 2 is 1.80 bits per heavy atom. The average Bonchev–Trinajstić information content (AvgIpc) is 3.07. The van der Waals surface area contributed by atoms with Crippen LogP contribution in [0.4, 0.5) is 0 Å². The molecule has 1 saturated carbocycles. The first-order valence-corrected chi connectivity index (χ1v) is 11.7. The van der Waals surface area contributed by atoms with Gasteiger partial charge in [-0.25, -0.2) is 4.79 Å². The number of carbonyl (C=O) groups is 1. The monoisotopic (exact) mass is 498 g/mol. The van der Waals surface area contributed by atoms with Gasteiger partial charge < -0.3 is 49.2 Å². The number of rotatable bonds is 8. The van der Waals surface area contributed by atoms with E-state index >= 15 is 0 Å². The van der Waals surface area contributed by atoms with Crippen LogP contribution in [-0.4, -0.2) is 99.7 Å². The first-order valence-electron chi connectivity index (χ1n) is 11.7. The summed E-state index contributed by atoms with van der Waals surface area (Å²) in [5.41, 5.74) is -1.48. The number of aliphatic hydroxyl groups is 5. The molecule has 5 N–H and O–H groups in total. The molecule has 1 aromatic rings. The standard InChI is InChI=1S/C24H34O11/c1-22(12-31-19(29)14-6-4-3-5-7-14,21-34-23(2)8-9-24(30,11-23)35-21)13-32-20-18(28)17(27)16(26)15(10-25)33-20/h3-7,15-18,20-21,25-28,30H,8-13H2,1-2H3/t15-,16-,17+,18-,20-,21-,22+,23+,24-/m1/s1. The van der Waals surface area contributed by atoms with E-state index in [1.165, 1.54) is 0 Å². The smallest absolute Gasteiger partial charge is 0.338 e. The van der Waals surface area contributed by atoms with Gasteiger partial charge in [-0.05, 0) is 32.4 Å². The number of hydrogen-bond acceptors (Lipinski definition) is 11. The summed E-state index contributed by atoms with van der Waals surface area (Å²) >= 11 is 0. The zero-order chi connectivity index (χ0) is 25.4. The molecule has 196 valence electrons. The summed E-state index contributed by atoms with van der Waals surface area (Å²) in [4.78, 5) is 12.6. The van der Waals surface area contributed by atoms with Crippen molar-refractivity contribution >= 4 is 5.97 Å². The lowest BCUT2D eigenvalue weighted by Crippen LogP contribution is -2.60. The van der Waals surface area contributed by atoms with E-state index in [2.05, 4.69) is 0 Å². The summed E-state index contributed by atoms with van der Waals surface area (Å²) in [6.45, 7) is 2.48. The fourth-order valence-corrected chi connectivity index (χ4v) is 4.73. The van der Waals surface area contributed by atoms with Crippen LogP contribution in [0.3, 0.4) is 0 Å². The lowest BCUT2D eigenvalue weighted by Gasteiger charge is -2.47. The van der Waals surface area contributed by atoms with Crippen molar-refractivity contribution in [3.63, 3.8) is 0 Å². The molecule has 11 nitrogen and oxygen atoms in total. The van der Waals surface area contributed by atoms with Crippen LogP contribution in [-0.2, 0) is 23.7 Å². The second kappa shape index (κ2) is 10.0. The molecule has 0 unspecified atom stereocenters. The molecule has 1 aromatic carbocycles. The van der Waals surface area contributed by atoms with Crippen molar-refractivity contribution < 1.29 is 54.0 Å². The Bertz CT molecular complexity index is 863. The van der Waals surface area contributed by atoms with E-state index in [-0.39, 0.29) is 13.2 Å². The summed E-state index contributed by atoms with van der Waals surface area (Å²) < 4.78 is 28.9. The minimum atomic E-state index is -1.61. The molecule has 2 saturated heterocycles. The average molecular weight is 499 g/mol. The van der Waals surface area contributed by atoms with E-state index in [9.17, 15) is 30.3 Å². The van der Waals surface area contributed by atoms with Crippen molar-refractivity contribution in [1.82, 2.24) is 0 Å². The molecule has 3 fully saturated rings. The van der Waals surface area contributed by atoms with E-state index in [1.807, 2.05) is 6.92 Å². The lowest BCUT2D eigenvalue weighted by atomic mass is 9.89. The molecule has 9 atom stereocenters. The fraction of sp³-hybridized carbons (Fsp3) is 0.708. The molecule has 0 spiro atoms. The molecular weight excluding hydrogens is 464 g/mol. The van der Waals surface area contributed by atoms with Crippen molar-refractivity contribution in [3.05, 3.63) is 35.9 Å². The third-order valence-electron chi connectivity index (χ3n) is 6.95. The van der Waals surface area contributed by atoms with Crippen LogP contribution in [0.5, 0.6) is 0 Å². The van der Waals surface area contributed by atoms with Crippen molar-refractivity contribution in [2.24, 2.45) is 5.41 Å². The number of benzene rings is 1. The third kappa shape index (κ3) is 5.53. The molecule has 2 bridgehead atoms. The highest BCUT2D eigenvalue weighted by Gasteiger charge is 2.58. The van der Waals surface area contributed by atoms with Crippen molar-refractivity contribution in [3.8, 4) is 0 Å². The van der Waals surface area contributed by atoms with Gasteiger partial charge in [-0.15, -0.1) is 0 Å². The Morgan fingerprint density at radius 3 is 2.46 bits per heavy atom. The van der Waals surface area contributed by atoms with Gasteiger partial charge in [0.1, 0.15) is 31.0 Å². The van der Waals surface area contributed by atoms with Crippen molar-refractivity contribution in [2.45, 2.75) is 81.5 Å². The molecular formula is C24H34O11. The Balaban J connectivity index is 1.51. The third-order valence-corrected chi connectivity index (χ3v) is 6.95. The topological polar surface area (TPSA) is 164 Å². The summed E-state index contributed by atoms with van der Waals surface area (Å²) in [6.07, 6.45) is -7.05. The van der Waals surface area contributed by atoms with Crippen molar-refractivity contribution in [2.75, 3.05) is 19.8 Å². The Hall–Kier alpha value is -1.67. The summed E-state index contributed by atoms with van der Waals surface area (Å²) in [7, 11) is 0. The number of carbonyl (C=O) groups excluding carboxylic acids is 1. The van der Waals surface area contributed by atoms with Gasteiger partial charge in [0.2, 0.25) is 0 Å². The summed E-state index contributed by atoms with van der Waals surface area (Å²) in [5, 5.41) is 50.7. The maximum Gasteiger partial charge on any atom is 0.338 e. The SMILES string of the molecule is C[C@]12CC[C@](O)(C1)O[C@H]([C@@](C)(COC(=O)c1ccccc1)CO[C@@H]1O[C@H](CO)[C@@H](O)[C@H](O)[C@H]1O)O2. The molecule has 1 aliphatic carbocycles. The van der Waals surface area contributed by atoms with Crippen LogP contribution in [0, 0.1) is 5.41 Å². The summed E-state index contributed by atoms with van der Waals surface area (Å²) in [6, 6.07) is 8.42. The van der Waals surface area contributed by atoms with Crippen LogP contribution < -0.4 is 0 Å². The normalized spacial score (nSPS) is 40.8. The van der Waals surface area contributed by atoms with Gasteiger partial charge in [-0.3, -0.25) is 0 Å². The van der Waals surface area contributed by atoms with Gasteiger partial charge >= 0.3 is 5.97 Å². The van der Waals surface area contributed by atoms with Gasteiger partial charge in [0.05, 0.1) is 29.8 Å².